The van der Waals surface area contributed by atoms with Gasteiger partial charge in [0.1, 0.15) is 0 Å². The van der Waals surface area contributed by atoms with Crippen LogP contribution in [-0.4, -0.2) is 55.9 Å². The fraction of sp³-hybridized carbons (Fsp3) is 0.643. The van der Waals surface area contributed by atoms with Crippen LogP contribution < -0.4 is 5.32 Å². The van der Waals surface area contributed by atoms with Gasteiger partial charge in [-0.2, -0.15) is 0 Å². The van der Waals surface area contributed by atoms with Crippen LogP contribution in [0.4, 0.5) is 5.69 Å². The summed E-state index contributed by atoms with van der Waals surface area (Å²) < 4.78 is 10.9. The lowest BCUT2D eigenvalue weighted by Crippen LogP contribution is -2.27. The highest BCUT2D eigenvalue weighted by atomic mass is 16.5. The quantitative estimate of drug-likeness (QED) is 0.841. The maximum Gasteiger partial charge on any atom is 0.0971 e. The SMILES string of the molecule is CCNc1ccnc(CN2CC(OC)C(OC)C2)c1. The molecule has 1 aromatic rings. The first-order valence-corrected chi connectivity index (χ1v) is 6.73. The van der Waals surface area contributed by atoms with Crippen molar-refractivity contribution >= 4 is 5.69 Å². The first-order chi connectivity index (χ1) is 9.26. The lowest BCUT2D eigenvalue weighted by atomic mass is 10.3. The number of rotatable bonds is 6. The molecule has 5 nitrogen and oxygen atoms in total. The van der Waals surface area contributed by atoms with Gasteiger partial charge in [-0.1, -0.05) is 0 Å². The zero-order valence-electron chi connectivity index (χ0n) is 11.9. The van der Waals surface area contributed by atoms with Crippen molar-refractivity contribution in [1.29, 1.82) is 0 Å². The van der Waals surface area contributed by atoms with E-state index in [1.54, 1.807) is 14.2 Å². The van der Waals surface area contributed by atoms with E-state index in [0.29, 0.717) is 0 Å². The van der Waals surface area contributed by atoms with Gasteiger partial charge >= 0.3 is 0 Å². The van der Waals surface area contributed by atoms with Crippen molar-refractivity contribution in [2.45, 2.75) is 25.7 Å². The maximum absolute atomic E-state index is 5.45. The molecule has 1 aliphatic heterocycles. The Morgan fingerprint density at radius 1 is 1.32 bits per heavy atom. The maximum atomic E-state index is 5.45. The zero-order chi connectivity index (χ0) is 13.7. The molecule has 0 spiro atoms. The zero-order valence-corrected chi connectivity index (χ0v) is 11.9. The molecule has 1 aliphatic rings. The number of nitrogens with one attached hydrogen (secondary N) is 1. The van der Waals surface area contributed by atoms with Gasteiger partial charge in [-0.15, -0.1) is 0 Å². The summed E-state index contributed by atoms with van der Waals surface area (Å²) >= 11 is 0. The summed E-state index contributed by atoms with van der Waals surface area (Å²) in [5, 5.41) is 3.30. The van der Waals surface area contributed by atoms with E-state index in [1.165, 1.54) is 0 Å². The van der Waals surface area contributed by atoms with Crippen molar-refractivity contribution in [1.82, 2.24) is 9.88 Å². The van der Waals surface area contributed by atoms with Crippen LogP contribution >= 0.6 is 0 Å². The largest absolute Gasteiger partial charge is 0.385 e. The fourth-order valence-corrected chi connectivity index (χ4v) is 2.51. The van der Waals surface area contributed by atoms with Gasteiger partial charge in [0.25, 0.3) is 0 Å². The van der Waals surface area contributed by atoms with E-state index in [4.69, 9.17) is 9.47 Å². The van der Waals surface area contributed by atoms with Gasteiger partial charge in [0.15, 0.2) is 0 Å². The van der Waals surface area contributed by atoms with Crippen molar-refractivity contribution in [3.05, 3.63) is 24.0 Å². The summed E-state index contributed by atoms with van der Waals surface area (Å²) in [4.78, 5) is 6.74. The topological polar surface area (TPSA) is 46.6 Å². The molecule has 1 N–H and O–H groups in total. The Balaban J connectivity index is 1.96. The highest BCUT2D eigenvalue weighted by Gasteiger charge is 2.32. The predicted octanol–water partition coefficient (Wildman–Crippen LogP) is 1.36. The molecule has 1 saturated heterocycles. The van der Waals surface area contributed by atoms with Crippen LogP contribution in [0, 0.1) is 0 Å². The highest BCUT2D eigenvalue weighted by molar-refractivity contribution is 5.42. The van der Waals surface area contributed by atoms with Gasteiger partial charge in [0.05, 0.1) is 17.9 Å². The Hall–Kier alpha value is -1.17. The first kappa shape index (κ1) is 14.2. The average Bonchev–Trinajstić information content (AvgIpc) is 2.81. The van der Waals surface area contributed by atoms with Crippen molar-refractivity contribution in [2.75, 3.05) is 39.2 Å². The molecule has 2 unspecified atom stereocenters. The minimum Gasteiger partial charge on any atom is -0.385 e. The molecule has 2 rings (SSSR count). The number of methoxy groups -OCH3 is 2. The number of hydrogen-bond donors (Lipinski definition) is 1. The lowest BCUT2D eigenvalue weighted by molar-refractivity contribution is -0.00461. The van der Waals surface area contributed by atoms with E-state index < -0.39 is 0 Å². The van der Waals surface area contributed by atoms with E-state index in [-0.39, 0.29) is 12.2 Å². The molecule has 1 aromatic heterocycles. The van der Waals surface area contributed by atoms with E-state index in [9.17, 15) is 0 Å². The van der Waals surface area contributed by atoms with Crippen molar-refractivity contribution in [3.63, 3.8) is 0 Å². The Labute approximate surface area is 114 Å². The summed E-state index contributed by atoms with van der Waals surface area (Å²) in [6.07, 6.45) is 2.16. The number of ether oxygens (including phenoxy) is 2. The van der Waals surface area contributed by atoms with Gasteiger partial charge in [-0.25, -0.2) is 0 Å². The molecule has 1 fully saturated rings. The number of likely N-dealkylation sites (tertiary alicyclic amines) is 1. The first-order valence-electron chi connectivity index (χ1n) is 6.73. The number of nitrogens with zero attached hydrogens (tertiary/aromatic N) is 2. The smallest absolute Gasteiger partial charge is 0.0971 e. The van der Waals surface area contributed by atoms with Crippen LogP contribution in [0.25, 0.3) is 0 Å². The summed E-state index contributed by atoms with van der Waals surface area (Å²) in [7, 11) is 3.48. The van der Waals surface area contributed by atoms with Crippen LogP contribution in [0.1, 0.15) is 12.6 Å². The summed E-state index contributed by atoms with van der Waals surface area (Å²) in [5.74, 6) is 0. The van der Waals surface area contributed by atoms with Gasteiger partial charge in [-0.05, 0) is 19.1 Å². The molecule has 0 bridgehead atoms. The predicted molar refractivity (Wildman–Crippen MR) is 75.3 cm³/mol. The second kappa shape index (κ2) is 6.84. The second-order valence-electron chi connectivity index (χ2n) is 4.81. The molecule has 0 saturated carbocycles. The molecule has 106 valence electrons. The molecule has 19 heavy (non-hydrogen) atoms. The molecule has 5 heteroatoms. The summed E-state index contributed by atoms with van der Waals surface area (Å²) in [5.41, 5.74) is 2.20. The molecule has 2 heterocycles. The van der Waals surface area contributed by atoms with Gasteiger partial charge in [0, 0.05) is 52.3 Å². The van der Waals surface area contributed by atoms with Crippen molar-refractivity contribution in [3.8, 4) is 0 Å². The molecule has 0 amide bonds. The highest BCUT2D eigenvalue weighted by Crippen LogP contribution is 2.18. The monoisotopic (exact) mass is 265 g/mol. The molecule has 0 aliphatic carbocycles. The Kier molecular flexibility index (Phi) is 5.13. The minimum atomic E-state index is 0.155. The lowest BCUT2D eigenvalue weighted by Gasteiger charge is -2.15. The number of anilines is 1. The molecular weight excluding hydrogens is 242 g/mol. The van der Waals surface area contributed by atoms with E-state index >= 15 is 0 Å². The van der Waals surface area contributed by atoms with Gasteiger partial charge < -0.3 is 14.8 Å². The summed E-state index contributed by atoms with van der Waals surface area (Å²) in [6, 6.07) is 4.10. The van der Waals surface area contributed by atoms with E-state index in [2.05, 4.69) is 28.2 Å². The third-order valence-electron chi connectivity index (χ3n) is 3.48. The fourth-order valence-electron chi connectivity index (χ4n) is 2.51. The molecule has 0 aromatic carbocycles. The van der Waals surface area contributed by atoms with Gasteiger partial charge in [0.2, 0.25) is 0 Å². The third-order valence-corrected chi connectivity index (χ3v) is 3.48. The Morgan fingerprint density at radius 2 is 2.00 bits per heavy atom. The second-order valence-corrected chi connectivity index (χ2v) is 4.81. The normalized spacial score (nSPS) is 23.7. The number of hydrogen-bond acceptors (Lipinski definition) is 5. The van der Waals surface area contributed by atoms with Gasteiger partial charge in [-0.3, -0.25) is 9.88 Å². The molecule has 0 radical (unpaired) electrons. The minimum absolute atomic E-state index is 0.155. The van der Waals surface area contributed by atoms with E-state index in [1.807, 2.05) is 12.3 Å². The van der Waals surface area contributed by atoms with Crippen molar-refractivity contribution < 1.29 is 9.47 Å². The van der Waals surface area contributed by atoms with Crippen molar-refractivity contribution in [2.24, 2.45) is 0 Å². The average molecular weight is 265 g/mol. The van der Waals surface area contributed by atoms with E-state index in [0.717, 1.165) is 37.6 Å². The summed E-state index contributed by atoms with van der Waals surface area (Å²) in [6.45, 7) is 5.63. The third kappa shape index (κ3) is 3.65. The van der Waals surface area contributed by atoms with Crippen LogP contribution in [0.2, 0.25) is 0 Å². The standard InChI is InChI=1S/C14H23N3O2/c1-4-15-11-5-6-16-12(7-11)8-17-9-13(18-2)14(10-17)19-3/h5-7,13-14H,4,8-10H2,1-3H3,(H,15,16). The molecular formula is C14H23N3O2. The van der Waals surface area contributed by atoms with Crippen LogP contribution in [0.15, 0.2) is 18.3 Å². The number of aromatic nitrogens is 1. The van der Waals surface area contributed by atoms with Crippen LogP contribution in [0.3, 0.4) is 0 Å². The molecule has 2 atom stereocenters. The Bertz CT molecular complexity index is 388. The number of pyridine rings is 1. The Morgan fingerprint density at radius 3 is 2.58 bits per heavy atom. The van der Waals surface area contributed by atoms with Crippen LogP contribution in [-0.2, 0) is 16.0 Å². The van der Waals surface area contributed by atoms with Crippen LogP contribution in [0.5, 0.6) is 0 Å².